The number of piperidine rings is 1. The molecule has 3 rings (SSSR count). The lowest BCUT2D eigenvalue weighted by atomic mass is 9.77. The van der Waals surface area contributed by atoms with Gasteiger partial charge in [0, 0.05) is 31.8 Å². The Kier molecular flexibility index (Phi) is 4.22. The van der Waals surface area contributed by atoms with Gasteiger partial charge in [0.05, 0.1) is 6.61 Å². The molecule has 1 N–H and O–H groups in total. The SMILES string of the molecule is CCNC1CCOCC1N1CC2CCCC(C2)C1. The Morgan fingerprint density at radius 3 is 2.67 bits per heavy atom. The van der Waals surface area contributed by atoms with E-state index in [1.807, 2.05) is 0 Å². The fourth-order valence-electron chi connectivity index (χ4n) is 4.33. The molecule has 3 fully saturated rings. The molecule has 4 unspecified atom stereocenters. The minimum atomic E-state index is 0.627. The maximum Gasteiger partial charge on any atom is 0.0637 e. The molecular formula is C15H28N2O. The summed E-state index contributed by atoms with van der Waals surface area (Å²) in [6.45, 7) is 7.84. The lowest BCUT2D eigenvalue weighted by Crippen LogP contribution is -2.59. The highest BCUT2D eigenvalue weighted by Crippen LogP contribution is 2.35. The number of likely N-dealkylation sites (N-methyl/N-ethyl adjacent to an activating group) is 1. The number of ether oxygens (including phenoxy) is 1. The zero-order chi connectivity index (χ0) is 12.4. The van der Waals surface area contributed by atoms with E-state index in [1.165, 1.54) is 45.2 Å². The Hall–Kier alpha value is -0.120. The molecule has 4 atom stereocenters. The standard InChI is InChI=1S/C15H28N2O/c1-2-16-14-6-7-18-11-15(14)17-9-12-4-3-5-13(8-12)10-17/h12-16H,2-11H2,1H3. The van der Waals surface area contributed by atoms with Gasteiger partial charge in [-0.3, -0.25) is 4.90 Å². The van der Waals surface area contributed by atoms with Crippen molar-refractivity contribution in [3.05, 3.63) is 0 Å². The van der Waals surface area contributed by atoms with Gasteiger partial charge in [-0.05, 0) is 44.1 Å². The van der Waals surface area contributed by atoms with E-state index < -0.39 is 0 Å². The molecule has 2 heterocycles. The molecule has 18 heavy (non-hydrogen) atoms. The maximum absolute atomic E-state index is 5.75. The van der Waals surface area contributed by atoms with Crippen LogP contribution in [-0.2, 0) is 4.74 Å². The van der Waals surface area contributed by atoms with Crippen LogP contribution in [0.1, 0.15) is 39.0 Å². The van der Waals surface area contributed by atoms with Crippen LogP contribution in [0.25, 0.3) is 0 Å². The predicted octanol–water partition coefficient (Wildman–Crippen LogP) is 1.88. The first-order valence-corrected chi connectivity index (χ1v) is 7.92. The Morgan fingerprint density at radius 2 is 1.94 bits per heavy atom. The Morgan fingerprint density at radius 1 is 1.17 bits per heavy atom. The highest BCUT2D eigenvalue weighted by Gasteiger charge is 2.37. The van der Waals surface area contributed by atoms with E-state index in [0.29, 0.717) is 12.1 Å². The first-order valence-electron chi connectivity index (χ1n) is 7.92. The van der Waals surface area contributed by atoms with Crippen LogP contribution >= 0.6 is 0 Å². The first kappa shape index (κ1) is 12.9. The van der Waals surface area contributed by atoms with Crippen LogP contribution < -0.4 is 5.32 Å². The number of hydrogen-bond donors (Lipinski definition) is 1. The average Bonchev–Trinajstić information content (AvgIpc) is 2.39. The molecule has 2 bridgehead atoms. The van der Waals surface area contributed by atoms with E-state index in [2.05, 4.69) is 17.1 Å². The number of likely N-dealkylation sites (tertiary alicyclic amines) is 1. The van der Waals surface area contributed by atoms with Crippen LogP contribution in [-0.4, -0.2) is 49.8 Å². The normalized spacial score (nSPS) is 41.8. The van der Waals surface area contributed by atoms with Crippen molar-refractivity contribution in [1.82, 2.24) is 10.2 Å². The summed E-state index contributed by atoms with van der Waals surface area (Å²) in [5, 5.41) is 3.68. The predicted molar refractivity (Wildman–Crippen MR) is 73.7 cm³/mol. The van der Waals surface area contributed by atoms with Gasteiger partial charge in [0.2, 0.25) is 0 Å². The van der Waals surface area contributed by atoms with Crippen molar-refractivity contribution < 1.29 is 4.74 Å². The van der Waals surface area contributed by atoms with E-state index in [0.717, 1.165) is 31.6 Å². The second kappa shape index (κ2) is 5.89. The molecule has 0 spiro atoms. The zero-order valence-electron chi connectivity index (χ0n) is 11.7. The third-order valence-corrected chi connectivity index (χ3v) is 5.14. The highest BCUT2D eigenvalue weighted by molar-refractivity contribution is 4.92. The molecular weight excluding hydrogens is 224 g/mol. The summed E-state index contributed by atoms with van der Waals surface area (Å²) < 4.78 is 5.75. The summed E-state index contributed by atoms with van der Waals surface area (Å²) in [5.74, 6) is 1.95. The second-order valence-corrected chi connectivity index (χ2v) is 6.45. The van der Waals surface area contributed by atoms with Crippen LogP contribution in [0, 0.1) is 11.8 Å². The molecule has 0 aromatic rings. The van der Waals surface area contributed by atoms with Crippen molar-refractivity contribution in [2.75, 3.05) is 32.8 Å². The van der Waals surface area contributed by atoms with E-state index in [1.54, 1.807) is 0 Å². The fourth-order valence-corrected chi connectivity index (χ4v) is 4.33. The van der Waals surface area contributed by atoms with Crippen molar-refractivity contribution in [3.63, 3.8) is 0 Å². The van der Waals surface area contributed by atoms with Crippen LogP contribution in [0.5, 0.6) is 0 Å². The van der Waals surface area contributed by atoms with Gasteiger partial charge in [-0.25, -0.2) is 0 Å². The topological polar surface area (TPSA) is 24.5 Å². The molecule has 1 aliphatic carbocycles. The van der Waals surface area contributed by atoms with Gasteiger partial charge >= 0.3 is 0 Å². The molecule has 0 radical (unpaired) electrons. The van der Waals surface area contributed by atoms with Gasteiger partial charge in [-0.15, -0.1) is 0 Å². The smallest absolute Gasteiger partial charge is 0.0637 e. The molecule has 3 aliphatic rings. The lowest BCUT2D eigenvalue weighted by Gasteiger charge is -2.48. The number of nitrogens with one attached hydrogen (secondary N) is 1. The molecule has 104 valence electrons. The quantitative estimate of drug-likeness (QED) is 0.830. The van der Waals surface area contributed by atoms with Gasteiger partial charge in [0.1, 0.15) is 0 Å². The summed E-state index contributed by atoms with van der Waals surface area (Å²) in [6, 6.07) is 1.28. The molecule has 3 nitrogen and oxygen atoms in total. The first-order chi connectivity index (χ1) is 8.86. The molecule has 0 amide bonds. The van der Waals surface area contributed by atoms with Gasteiger partial charge in [0.25, 0.3) is 0 Å². The molecule has 3 heteroatoms. The van der Waals surface area contributed by atoms with Crippen LogP contribution in [0.4, 0.5) is 0 Å². The third-order valence-electron chi connectivity index (χ3n) is 5.14. The van der Waals surface area contributed by atoms with E-state index in [-0.39, 0.29) is 0 Å². The van der Waals surface area contributed by atoms with E-state index in [4.69, 9.17) is 4.74 Å². The minimum Gasteiger partial charge on any atom is -0.380 e. The summed E-state index contributed by atoms with van der Waals surface area (Å²) in [5.41, 5.74) is 0. The molecule has 0 aromatic carbocycles. The van der Waals surface area contributed by atoms with Crippen molar-refractivity contribution >= 4 is 0 Å². The average molecular weight is 252 g/mol. The van der Waals surface area contributed by atoms with E-state index >= 15 is 0 Å². The van der Waals surface area contributed by atoms with Crippen LogP contribution in [0.3, 0.4) is 0 Å². The summed E-state index contributed by atoms with van der Waals surface area (Å²) in [6.07, 6.45) is 7.08. The Labute approximate surface area is 111 Å². The summed E-state index contributed by atoms with van der Waals surface area (Å²) in [4.78, 5) is 2.75. The Balaban J connectivity index is 1.64. The highest BCUT2D eigenvalue weighted by atomic mass is 16.5. The van der Waals surface area contributed by atoms with Crippen molar-refractivity contribution in [1.29, 1.82) is 0 Å². The second-order valence-electron chi connectivity index (χ2n) is 6.45. The molecule has 2 saturated heterocycles. The minimum absolute atomic E-state index is 0.627. The van der Waals surface area contributed by atoms with Gasteiger partial charge in [-0.1, -0.05) is 13.3 Å². The van der Waals surface area contributed by atoms with Gasteiger partial charge in [-0.2, -0.15) is 0 Å². The number of fused-ring (bicyclic) bond motifs is 2. The van der Waals surface area contributed by atoms with Gasteiger partial charge in [0.15, 0.2) is 0 Å². The van der Waals surface area contributed by atoms with Crippen molar-refractivity contribution in [2.45, 2.75) is 51.1 Å². The monoisotopic (exact) mass is 252 g/mol. The molecule has 1 saturated carbocycles. The summed E-state index contributed by atoms with van der Waals surface area (Å²) >= 11 is 0. The van der Waals surface area contributed by atoms with Crippen LogP contribution in [0.2, 0.25) is 0 Å². The molecule has 0 aromatic heterocycles. The van der Waals surface area contributed by atoms with E-state index in [9.17, 15) is 0 Å². The van der Waals surface area contributed by atoms with Crippen LogP contribution in [0.15, 0.2) is 0 Å². The third kappa shape index (κ3) is 2.73. The number of hydrogen-bond acceptors (Lipinski definition) is 3. The zero-order valence-corrected chi connectivity index (χ0v) is 11.7. The van der Waals surface area contributed by atoms with Crippen molar-refractivity contribution in [2.24, 2.45) is 11.8 Å². The molecule has 2 aliphatic heterocycles. The Bertz CT molecular complexity index is 257. The maximum atomic E-state index is 5.75. The number of nitrogens with zero attached hydrogens (tertiary/aromatic N) is 1. The largest absolute Gasteiger partial charge is 0.380 e. The lowest BCUT2D eigenvalue weighted by molar-refractivity contribution is -0.0359. The fraction of sp³-hybridized carbons (Fsp3) is 1.00. The van der Waals surface area contributed by atoms with Crippen molar-refractivity contribution in [3.8, 4) is 0 Å². The number of rotatable bonds is 3. The van der Waals surface area contributed by atoms with Gasteiger partial charge < -0.3 is 10.1 Å². The summed E-state index contributed by atoms with van der Waals surface area (Å²) in [7, 11) is 0.